The Morgan fingerprint density at radius 3 is 2.62 bits per heavy atom. The van der Waals surface area contributed by atoms with E-state index in [2.05, 4.69) is 5.32 Å². The largest absolute Gasteiger partial charge is 0.347 e. The molecule has 21 heavy (non-hydrogen) atoms. The molecule has 2 rings (SSSR count). The molecule has 3 N–H and O–H groups in total. The van der Waals surface area contributed by atoms with Gasteiger partial charge in [0.05, 0.1) is 15.0 Å². The lowest BCUT2D eigenvalue weighted by Gasteiger charge is -2.06. The summed E-state index contributed by atoms with van der Waals surface area (Å²) in [6.45, 7) is 0.189. The number of carbonyl (C=O) groups is 1. The fraction of sp³-hybridized carbons (Fsp3) is 0.0833. The van der Waals surface area contributed by atoms with E-state index in [9.17, 15) is 14.9 Å². The Kier molecular flexibility index (Phi) is 4.35. The van der Waals surface area contributed by atoms with Crippen LogP contribution in [0.2, 0.25) is 10.0 Å². The van der Waals surface area contributed by atoms with Gasteiger partial charge in [-0.1, -0.05) is 29.3 Å². The van der Waals surface area contributed by atoms with Crippen molar-refractivity contribution in [3.63, 3.8) is 0 Å². The molecule has 0 radical (unpaired) electrons. The van der Waals surface area contributed by atoms with Crippen LogP contribution in [0.4, 0.5) is 5.69 Å². The molecular weight excluding hydrogens is 319 g/mol. The zero-order valence-electron chi connectivity index (χ0n) is 10.5. The Labute approximate surface area is 129 Å². The van der Waals surface area contributed by atoms with Gasteiger partial charge in [-0.15, -0.1) is 0 Å². The van der Waals surface area contributed by atoms with E-state index in [0.29, 0.717) is 10.0 Å². The summed E-state index contributed by atoms with van der Waals surface area (Å²) in [7, 11) is 0. The van der Waals surface area contributed by atoms with E-state index in [1.807, 2.05) is 0 Å². The number of amides is 1. The van der Waals surface area contributed by atoms with Crippen LogP contribution in [0.25, 0.3) is 0 Å². The van der Waals surface area contributed by atoms with Gasteiger partial charge in [0.2, 0.25) is 0 Å². The zero-order valence-corrected chi connectivity index (χ0v) is 12.1. The number of nitro groups is 1. The fourth-order valence-corrected chi connectivity index (χ4v) is 1.99. The van der Waals surface area contributed by atoms with Gasteiger partial charge in [0.1, 0.15) is 11.9 Å². The van der Waals surface area contributed by atoms with E-state index in [1.54, 1.807) is 18.2 Å². The van der Waals surface area contributed by atoms with Crippen molar-refractivity contribution >= 4 is 34.8 Å². The monoisotopic (exact) mass is 328 g/mol. The smallest absolute Gasteiger partial charge is 0.289 e. The zero-order chi connectivity index (χ0) is 15.6. The predicted octanol–water partition coefficient (Wildman–Crippen LogP) is 2.35. The van der Waals surface area contributed by atoms with Crippen LogP contribution in [0.3, 0.4) is 0 Å². The Hall–Kier alpha value is -2.25. The summed E-state index contributed by atoms with van der Waals surface area (Å²) in [6.07, 6.45) is 1.06. The topological polar surface area (TPSA) is 103 Å². The van der Waals surface area contributed by atoms with Crippen LogP contribution in [-0.4, -0.2) is 15.5 Å². The van der Waals surface area contributed by atoms with Gasteiger partial charge in [-0.25, -0.2) is 0 Å². The van der Waals surface area contributed by atoms with Crippen LogP contribution < -0.4 is 11.2 Å². The molecule has 110 valence electrons. The first-order chi connectivity index (χ1) is 9.88. The molecule has 1 heterocycles. The number of nitrogen functional groups attached to an aromatic ring is 1. The minimum absolute atomic E-state index is 0.0123. The van der Waals surface area contributed by atoms with Gasteiger partial charge < -0.3 is 11.2 Å². The third kappa shape index (κ3) is 3.45. The normalized spacial score (nSPS) is 10.4. The minimum Gasteiger partial charge on any atom is -0.347 e. The van der Waals surface area contributed by atoms with E-state index in [4.69, 9.17) is 29.0 Å². The highest BCUT2D eigenvalue weighted by Crippen LogP contribution is 2.22. The van der Waals surface area contributed by atoms with Crippen molar-refractivity contribution < 1.29 is 9.72 Å². The van der Waals surface area contributed by atoms with Crippen molar-refractivity contribution in [2.75, 3.05) is 5.84 Å². The number of hydrogen-bond donors (Lipinski definition) is 2. The average molecular weight is 329 g/mol. The van der Waals surface area contributed by atoms with Crippen molar-refractivity contribution in [1.29, 1.82) is 0 Å². The Balaban J connectivity index is 2.08. The van der Waals surface area contributed by atoms with Crippen molar-refractivity contribution in [1.82, 2.24) is 9.99 Å². The summed E-state index contributed by atoms with van der Waals surface area (Å²) >= 11 is 11.7. The van der Waals surface area contributed by atoms with Gasteiger partial charge >= 0.3 is 0 Å². The van der Waals surface area contributed by atoms with Crippen LogP contribution in [0.1, 0.15) is 16.1 Å². The van der Waals surface area contributed by atoms with Gasteiger partial charge in [-0.2, -0.15) is 0 Å². The van der Waals surface area contributed by atoms with E-state index >= 15 is 0 Å². The predicted molar refractivity (Wildman–Crippen MR) is 78.9 cm³/mol. The lowest BCUT2D eigenvalue weighted by Crippen LogP contribution is -2.27. The van der Waals surface area contributed by atoms with Crippen LogP contribution in [0.15, 0.2) is 30.5 Å². The van der Waals surface area contributed by atoms with Gasteiger partial charge in [0, 0.05) is 12.6 Å². The molecule has 1 amide bonds. The van der Waals surface area contributed by atoms with E-state index in [0.717, 1.165) is 22.5 Å². The number of aromatic nitrogens is 1. The van der Waals surface area contributed by atoms with E-state index < -0.39 is 10.8 Å². The highest BCUT2D eigenvalue weighted by atomic mass is 35.5. The average Bonchev–Trinajstić information content (AvgIpc) is 2.82. The number of nitrogens with zero attached hydrogens (tertiary/aromatic N) is 2. The highest BCUT2D eigenvalue weighted by Gasteiger charge is 2.18. The Bertz CT molecular complexity index is 715. The van der Waals surface area contributed by atoms with Crippen molar-refractivity contribution in [3.05, 3.63) is 61.9 Å². The second kappa shape index (κ2) is 6.02. The second-order valence-electron chi connectivity index (χ2n) is 4.18. The van der Waals surface area contributed by atoms with E-state index in [-0.39, 0.29) is 17.9 Å². The molecule has 0 spiro atoms. The maximum Gasteiger partial charge on any atom is 0.289 e. The Morgan fingerprint density at radius 1 is 1.33 bits per heavy atom. The number of benzene rings is 1. The SMILES string of the molecule is Nn1cc([N+](=O)[O-])cc1C(=O)NCc1ccc(Cl)c(Cl)c1. The molecule has 7 nitrogen and oxygen atoms in total. The highest BCUT2D eigenvalue weighted by molar-refractivity contribution is 6.42. The molecule has 1 aromatic carbocycles. The van der Waals surface area contributed by atoms with Crippen LogP contribution in [-0.2, 0) is 6.54 Å². The van der Waals surface area contributed by atoms with Gasteiger partial charge in [0.25, 0.3) is 11.6 Å². The third-order valence-corrected chi connectivity index (χ3v) is 3.45. The molecule has 0 aliphatic rings. The molecule has 2 aromatic rings. The molecule has 0 aliphatic carbocycles. The van der Waals surface area contributed by atoms with Crippen molar-refractivity contribution in [2.24, 2.45) is 0 Å². The fourth-order valence-electron chi connectivity index (χ4n) is 1.67. The molecule has 9 heteroatoms. The lowest BCUT2D eigenvalue weighted by molar-refractivity contribution is -0.384. The minimum atomic E-state index is -0.626. The molecule has 0 fully saturated rings. The maximum atomic E-state index is 11.9. The summed E-state index contributed by atoms with van der Waals surface area (Å²) < 4.78 is 0.905. The number of rotatable bonds is 4. The number of nitrogens with one attached hydrogen (secondary N) is 1. The molecule has 0 unspecified atom stereocenters. The molecule has 0 saturated carbocycles. The van der Waals surface area contributed by atoms with Gasteiger partial charge in [-0.05, 0) is 17.7 Å². The first kappa shape index (κ1) is 15.1. The number of nitrogens with two attached hydrogens (primary N) is 1. The summed E-state index contributed by atoms with van der Waals surface area (Å²) in [4.78, 5) is 21.9. The second-order valence-corrected chi connectivity index (χ2v) is 4.99. The van der Waals surface area contributed by atoms with E-state index in [1.165, 1.54) is 0 Å². The maximum absolute atomic E-state index is 11.9. The summed E-state index contributed by atoms with van der Waals surface area (Å²) in [5, 5.41) is 14.0. The summed E-state index contributed by atoms with van der Waals surface area (Å²) in [5.41, 5.74) is 0.473. The molecule has 0 atom stereocenters. The van der Waals surface area contributed by atoms with Crippen molar-refractivity contribution in [3.8, 4) is 0 Å². The first-order valence-electron chi connectivity index (χ1n) is 5.72. The standard InChI is InChI=1S/C12H10Cl2N4O3/c13-9-2-1-7(3-10(9)14)5-16-12(19)11-4-8(18(20)21)6-17(11)15/h1-4,6H,5,15H2,(H,16,19). The van der Waals surface area contributed by atoms with Gasteiger partial charge in [-0.3, -0.25) is 19.6 Å². The van der Waals surface area contributed by atoms with Crippen LogP contribution >= 0.6 is 23.2 Å². The summed E-state index contributed by atoms with van der Waals surface area (Å²) in [6, 6.07) is 6.04. The summed E-state index contributed by atoms with van der Waals surface area (Å²) in [5.74, 6) is 4.97. The molecule has 0 saturated heterocycles. The molecule has 0 aliphatic heterocycles. The van der Waals surface area contributed by atoms with Crippen LogP contribution in [0.5, 0.6) is 0 Å². The molecule has 1 aromatic heterocycles. The quantitative estimate of drug-likeness (QED) is 0.510. The Morgan fingerprint density at radius 2 is 2.05 bits per heavy atom. The van der Waals surface area contributed by atoms with Crippen molar-refractivity contribution in [2.45, 2.75) is 6.54 Å². The molecule has 0 bridgehead atoms. The number of hydrogen-bond acceptors (Lipinski definition) is 4. The van der Waals surface area contributed by atoms with Gasteiger partial charge in [0.15, 0.2) is 0 Å². The number of halogens is 2. The molecular formula is C12H10Cl2N4O3. The van der Waals surface area contributed by atoms with Crippen LogP contribution in [0, 0.1) is 10.1 Å². The first-order valence-corrected chi connectivity index (χ1v) is 6.48. The number of carbonyl (C=O) groups excluding carboxylic acids is 1. The lowest BCUT2D eigenvalue weighted by atomic mass is 10.2. The third-order valence-electron chi connectivity index (χ3n) is 2.71.